The van der Waals surface area contributed by atoms with Gasteiger partial charge in [0.2, 0.25) is 0 Å². The first kappa shape index (κ1) is 12.3. The van der Waals surface area contributed by atoms with Gasteiger partial charge in [0.05, 0.1) is 11.1 Å². The average Bonchev–Trinajstić information content (AvgIpc) is 2.85. The number of nitrogens with zero attached hydrogens (tertiary/aromatic N) is 3. The molecule has 0 radical (unpaired) electrons. The van der Waals surface area contributed by atoms with E-state index in [-0.39, 0.29) is 5.69 Å². The standard InChI is InChI=1S/C12H14N4O2/c1-13-7-6-10-8-14-15(9-10)11-4-2-3-5-12(11)16(17)18/h2-5,8-9,13H,6-7H2,1H3. The Morgan fingerprint density at radius 3 is 2.94 bits per heavy atom. The van der Waals surface area contributed by atoms with Gasteiger partial charge in [-0.1, -0.05) is 12.1 Å². The maximum Gasteiger partial charge on any atom is 0.294 e. The van der Waals surface area contributed by atoms with E-state index < -0.39 is 4.92 Å². The molecule has 0 fully saturated rings. The van der Waals surface area contributed by atoms with Crippen LogP contribution < -0.4 is 5.32 Å². The van der Waals surface area contributed by atoms with Gasteiger partial charge < -0.3 is 5.32 Å². The van der Waals surface area contributed by atoms with Crippen LogP contribution in [-0.4, -0.2) is 28.3 Å². The van der Waals surface area contributed by atoms with E-state index in [9.17, 15) is 10.1 Å². The van der Waals surface area contributed by atoms with Crippen molar-refractivity contribution in [1.29, 1.82) is 0 Å². The molecular formula is C12H14N4O2. The number of aromatic nitrogens is 2. The summed E-state index contributed by atoms with van der Waals surface area (Å²) in [5.74, 6) is 0. The third-order valence-electron chi connectivity index (χ3n) is 2.62. The molecule has 0 unspecified atom stereocenters. The number of hydrogen-bond donors (Lipinski definition) is 1. The van der Waals surface area contributed by atoms with Gasteiger partial charge in [0.25, 0.3) is 5.69 Å². The summed E-state index contributed by atoms with van der Waals surface area (Å²) in [5, 5.41) is 18.1. The van der Waals surface area contributed by atoms with E-state index >= 15 is 0 Å². The molecule has 2 rings (SSSR count). The van der Waals surface area contributed by atoms with Gasteiger partial charge in [-0.3, -0.25) is 10.1 Å². The number of benzene rings is 1. The van der Waals surface area contributed by atoms with E-state index in [0.29, 0.717) is 5.69 Å². The van der Waals surface area contributed by atoms with E-state index in [1.165, 1.54) is 6.07 Å². The zero-order valence-corrected chi connectivity index (χ0v) is 10.0. The highest BCUT2D eigenvalue weighted by Gasteiger charge is 2.14. The Morgan fingerprint density at radius 2 is 2.22 bits per heavy atom. The van der Waals surface area contributed by atoms with E-state index in [1.807, 2.05) is 13.2 Å². The van der Waals surface area contributed by atoms with E-state index in [2.05, 4.69) is 10.4 Å². The van der Waals surface area contributed by atoms with Gasteiger partial charge in [-0.05, 0) is 31.6 Å². The third kappa shape index (κ3) is 2.54. The molecule has 0 atom stereocenters. The van der Waals surface area contributed by atoms with E-state index in [0.717, 1.165) is 18.5 Å². The molecule has 0 spiro atoms. The molecule has 6 nitrogen and oxygen atoms in total. The number of nitro benzene ring substituents is 1. The highest BCUT2D eigenvalue weighted by Crippen LogP contribution is 2.21. The molecule has 0 saturated carbocycles. The summed E-state index contributed by atoms with van der Waals surface area (Å²) in [6.07, 6.45) is 4.39. The fourth-order valence-corrected chi connectivity index (χ4v) is 1.70. The first-order valence-corrected chi connectivity index (χ1v) is 5.64. The van der Waals surface area contributed by atoms with Crippen LogP contribution in [0.25, 0.3) is 5.69 Å². The van der Waals surface area contributed by atoms with Crippen molar-refractivity contribution < 1.29 is 4.92 Å². The Labute approximate surface area is 104 Å². The number of likely N-dealkylation sites (N-methyl/N-ethyl adjacent to an activating group) is 1. The van der Waals surface area contributed by atoms with Gasteiger partial charge in [-0.2, -0.15) is 5.10 Å². The number of nitrogens with one attached hydrogen (secondary N) is 1. The van der Waals surface area contributed by atoms with Crippen molar-refractivity contribution in [1.82, 2.24) is 15.1 Å². The normalized spacial score (nSPS) is 10.5. The summed E-state index contributed by atoms with van der Waals surface area (Å²) >= 11 is 0. The summed E-state index contributed by atoms with van der Waals surface area (Å²) in [5.41, 5.74) is 1.58. The zero-order valence-electron chi connectivity index (χ0n) is 10.0. The van der Waals surface area contributed by atoms with Crippen LogP contribution in [0.2, 0.25) is 0 Å². The van der Waals surface area contributed by atoms with Crippen molar-refractivity contribution in [3.8, 4) is 5.69 Å². The maximum absolute atomic E-state index is 10.9. The lowest BCUT2D eigenvalue weighted by molar-refractivity contribution is -0.384. The molecular weight excluding hydrogens is 232 g/mol. The fourth-order valence-electron chi connectivity index (χ4n) is 1.70. The minimum atomic E-state index is -0.399. The van der Waals surface area contributed by atoms with Crippen LogP contribution in [0.3, 0.4) is 0 Å². The predicted molar refractivity (Wildman–Crippen MR) is 67.8 cm³/mol. The lowest BCUT2D eigenvalue weighted by atomic mass is 10.2. The molecule has 1 heterocycles. The van der Waals surface area contributed by atoms with Gasteiger partial charge in [0.15, 0.2) is 0 Å². The summed E-state index contributed by atoms with van der Waals surface area (Å²) in [6, 6.07) is 6.57. The van der Waals surface area contributed by atoms with Gasteiger partial charge in [-0.25, -0.2) is 4.68 Å². The van der Waals surface area contributed by atoms with Crippen molar-refractivity contribution in [3.63, 3.8) is 0 Å². The molecule has 1 N–H and O–H groups in total. The van der Waals surface area contributed by atoms with E-state index in [1.54, 1.807) is 29.1 Å². The van der Waals surface area contributed by atoms with E-state index in [4.69, 9.17) is 0 Å². The lowest BCUT2D eigenvalue weighted by Crippen LogP contribution is -2.09. The summed E-state index contributed by atoms with van der Waals surface area (Å²) in [6.45, 7) is 0.850. The van der Waals surface area contributed by atoms with Crippen LogP contribution in [-0.2, 0) is 6.42 Å². The monoisotopic (exact) mass is 246 g/mol. The second kappa shape index (κ2) is 5.42. The van der Waals surface area contributed by atoms with Crippen LogP contribution in [0.4, 0.5) is 5.69 Å². The molecule has 6 heteroatoms. The Balaban J connectivity index is 2.31. The van der Waals surface area contributed by atoms with Gasteiger partial charge >= 0.3 is 0 Å². The molecule has 0 aliphatic heterocycles. The second-order valence-electron chi connectivity index (χ2n) is 3.89. The molecule has 2 aromatic rings. The van der Waals surface area contributed by atoms with Crippen LogP contribution in [0, 0.1) is 10.1 Å². The Kier molecular flexibility index (Phi) is 3.69. The average molecular weight is 246 g/mol. The van der Waals surface area contributed by atoms with Crippen molar-refractivity contribution in [2.75, 3.05) is 13.6 Å². The van der Waals surface area contributed by atoms with Gasteiger partial charge in [-0.15, -0.1) is 0 Å². The van der Waals surface area contributed by atoms with Crippen molar-refractivity contribution >= 4 is 5.69 Å². The van der Waals surface area contributed by atoms with Gasteiger partial charge in [0, 0.05) is 12.3 Å². The molecule has 0 aliphatic rings. The van der Waals surface area contributed by atoms with Crippen molar-refractivity contribution in [2.24, 2.45) is 0 Å². The zero-order chi connectivity index (χ0) is 13.0. The molecule has 0 bridgehead atoms. The molecule has 1 aromatic heterocycles. The first-order valence-electron chi connectivity index (χ1n) is 5.64. The third-order valence-corrected chi connectivity index (χ3v) is 2.62. The summed E-state index contributed by atoms with van der Waals surface area (Å²) < 4.78 is 1.54. The fraction of sp³-hybridized carbons (Fsp3) is 0.250. The Bertz CT molecular complexity index is 551. The van der Waals surface area contributed by atoms with Gasteiger partial charge in [0.1, 0.15) is 5.69 Å². The molecule has 94 valence electrons. The Morgan fingerprint density at radius 1 is 1.44 bits per heavy atom. The van der Waals surface area contributed by atoms with Crippen LogP contribution >= 0.6 is 0 Å². The predicted octanol–water partition coefficient (Wildman–Crippen LogP) is 1.54. The highest BCUT2D eigenvalue weighted by molar-refractivity contribution is 5.51. The van der Waals surface area contributed by atoms with Crippen molar-refractivity contribution in [2.45, 2.75) is 6.42 Å². The van der Waals surface area contributed by atoms with Crippen LogP contribution in [0.1, 0.15) is 5.56 Å². The molecule has 0 saturated heterocycles. The minimum absolute atomic E-state index is 0.0563. The second-order valence-corrected chi connectivity index (χ2v) is 3.89. The van der Waals surface area contributed by atoms with Crippen LogP contribution in [0.5, 0.6) is 0 Å². The number of para-hydroxylation sites is 2. The minimum Gasteiger partial charge on any atom is -0.319 e. The summed E-state index contributed by atoms with van der Waals surface area (Å²) in [7, 11) is 1.88. The largest absolute Gasteiger partial charge is 0.319 e. The lowest BCUT2D eigenvalue weighted by Gasteiger charge is -2.01. The Hall–Kier alpha value is -2.21. The maximum atomic E-state index is 10.9. The topological polar surface area (TPSA) is 73.0 Å². The number of hydrogen-bond acceptors (Lipinski definition) is 4. The SMILES string of the molecule is CNCCc1cnn(-c2ccccc2[N+](=O)[O-])c1. The quantitative estimate of drug-likeness (QED) is 0.641. The molecule has 18 heavy (non-hydrogen) atoms. The molecule has 1 aromatic carbocycles. The van der Waals surface area contributed by atoms with Crippen LogP contribution in [0.15, 0.2) is 36.7 Å². The smallest absolute Gasteiger partial charge is 0.294 e. The summed E-state index contributed by atoms with van der Waals surface area (Å²) in [4.78, 5) is 10.5. The number of nitro groups is 1. The number of rotatable bonds is 5. The molecule has 0 aliphatic carbocycles. The van der Waals surface area contributed by atoms with Crippen molar-refractivity contribution in [3.05, 3.63) is 52.3 Å². The highest BCUT2D eigenvalue weighted by atomic mass is 16.6. The molecule has 0 amide bonds. The first-order chi connectivity index (χ1) is 8.72.